The van der Waals surface area contributed by atoms with E-state index in [4.69, 9.17) is 30.5 Å². The minimum atomic E-state index is -0.311. The van der Waals surface area contributed by atoms with Crippen molar-refractivity contribution in [2.24, 2.45) is 5.10 Å². The second-order valence-electron chi connectivity index (χ2n) is 8.78. The predicted molar refractivity (Wildman–Crippen MR) is 153 cm³/mol. The lowest BCUT2D eigenvalue weighted by molar-refractivity contribution is 0.306. The average molecular weight is 536 g/mol. The molecule has 192 valence electrons. The quantitative estimate of drug-likeness (QED) is 0.207. The molecule has 0 N–H and O–H groups in total. The number of hydrogen-bond donors (Lipinski definition) is 0. The first-order chi connectivity index (χ1) is 19.1. The van der Waals surface area contributed by atoms with E-state index in [0.29, 0.717) is 45.4 Å². The van der Waals surface area contributed by atoms with Crippen LogP contribution in [0.25, 0.3) is 33.5 Å². The molecule has 0 atom stereocenters. The van der Waals surface area contributed by atoms with E-state index in [9.17, 15) is 4.79 Å². The molecular weight excluding hydrogens is 514 g/mol. The predicted octanol–water partition coefficient (Wildman–Crippen LogP) is 6.93. The molecule has 4 aromatic carbocycles. The highest BCUT2D eigenvalue weighted by Crippen LogP contribution is 2.32. The number of nitrogens with zero attached hydrogens (tertiary/aromatic N) is 3. The summed E-state index contributed by atoms with van der Waals surface area (Å²) < 4.78 is 18.8. The maximum atomic E-state index is 13.5. The zero-order valence-corrected chi connectivity index (χ0v) is 21.6. The van der Waals surface area contributed by atoms with Crippen LogP contribution in [0.2, 0.25) is 5.02 Å². The van der Waals surface area contributed by atoms with Gasteiger partial charge in [-0.05, 0) is 65.7 Å². The lowest BCUT2D eigenvalue weighted by atomic mass is 10.2. The zero-order chi connectivity index (χ0) is 26.8. The van der Waals surface area contributed by atoms with Crippen molar-refractivity contribution in [2.45, 2.75) is 6.61 Å². The van der Waals surface area contributed by atoms with Crippen LogP contribution in [-0.4, -0.2) is 23.0 Å². The van der Waals surface area contributed by atoms with Crippen LogP contribution in [0, 0.1) is 0 Å². The number of halogens is 1. The van der Waals surface area contributed by atoms with Crippen LogP contribution in [0.1, 0.15) is 11.1 Å². The van der Waals surface area contributed by atoms with Crippen LogP contribution in [0.5, 0.6) is 11.5 Å². The molecule has 0 aliphatic rings. The first-order valence-electron chi connectivity index (χ1n) is 12.2. The second kappa shape index (κ2) is 10.5. The molecule has 0 spiro atoms. The van der Waals surface area contributed by atoms with Crippen LogP contribution in [-0.2, 0) is 6.61 Å². The van der Waals surface area contributed by atoms with Crippen molar-refractivity contribution in [1.29, 1.82) is 0 Å². The van der Waals surface area contributed by atoms with Gasteiger partial charge in [0.15, 0.2) is 5.76 Å². The number of fused-ring (bicyclic) bond motifs is 2. The summed E-state index contributed by atoms with van der Waals surface area (Å²) in [4.78, 5) is 18.3. The number of aromatic nitrogens is 2. The summed E-state index contributed by atoms with van der Waals surface area (Å²) in [5.74, 6) is 2.01. The first kappa shape index (κ1) is 24.5. The van der Waals surface area contributed by atoms with Gasteiger partial charge in [0.25, 0.3) is 5.56 Å². The van der Waals surface area contributed by atoms with Gasteiger partial charge in [0.05, 0.1) is 29.6 Å². The summed E-state index contributed by atoms with van der Waals surface area (Å²) >= 11 is 5.97. The Morgan fingerprint density at radius 1 is 0.949 bits per heavy atom. The number of benzene rings is 4. The van der Waals surface area contributed by atoms with E-state index in [1.165, 1.54) is 4.68 Å². The van der Waals surface area contributed by atoms with Gasteiger partial charge in [-0.15, -0.1) is 0 Å². The lowest BCUT2D eigenvalue weighted by Gasteiger charge is -2.08. The highest BCUT2D eigenvalue weighted by molar-refractivity contribution is 6.30. The highest BCUT2D eigenvalue weighted by atomic mass is 35.5. The second-order valence-corrected chi connectivity index (χ2v) is 9.22. The standard InChI is InChI=1S/C31H22ClN3O4/c1-37-27-10-5-11-28-25(27)17-29(39-28)30-34-26-9-3-2-8-24(26)31(36)35(30)33-18-21-6-4-7-23(16-21)38-19-20-12-14-22(32)15-13-20/h2-18H,19H2,1H3. The molecule has 2 aromatic heterocycles. The number of para-hydroxylation sites is 1. The minimum Gasteiger partial charge on any atom is -0.496 e. The summed E-state index contributed by atoms with van der Waals surface area (Å²) in [5.41, 5.74) is 2.61. The fraction of sp³-hybridized carbons (Fsp3) is 0.0645. The number of methoxy groups -OCH3 is 1. The molecule has 0 aliphatic carbocycles. The van der Waals surface area contributed by atoms with Gasteiger partial charge in [0.1, 0.15) is 23.7 Å². The molecule has 39 heavy (non-hydrogen) atoms. The Morgan fingerprint density at radius 2 is 1.77 bits per heavy atom. The molecule has 0 radical (unpaired) electrons. The van der Waals surface area contributed by atoms with Gasteiger partial charge in [-0.2, -0.15) is 9.78 Å². The highest BCUT2D eigenvalue weighted by Gasteiger charge is 2.17. The summed E-state index contributed by atoms with van der Waals surface area (Å²) in [7, 11) is 1.60. The van der Waals surface area contributed by atoms with Gasteiger partial charge in [0.2, 0.25) is 5.82 Å². The summed E-state index contributed by atoms with van der Waals surface area (Å²) in [5, 5.41) is 6.44. The molecule has 0 saturated heterocycles. The maximum absolute atomic E-state index is 13.5. The maximum Gasteiger partial charge on any atom is 0.282 e. The third-order valence-corrected chi connectivity index (χ3v) is 6.47. The monoisotopic (exact) mass is 535 g/mol. The van der Waals surface area contributed by atoms with Gasteiger partial charge in [-0.25, -0.2) is 4.98 Å². The van der Waals surface area contributed by atoms with Gasteiger partial charge in [-0.1, -0.05) is 54.1 Å². The Labute approximate surface area is 228 Å². The smallest absolute Gasteiger partial charge is 0.282 e. The normalized spacial score (nSPS) is 11.4. The van der Waals surface area contributed by atoms with Crippen LogP contribution in [0.3, 0.4) is 0 Å². The van der Waals surface area contributed by atoms with Crippen LogP contribution in [0.15, 0.2) is 111 Å². The lowest BCUT2D eigenvalue weighted by Crippen LogP contribution is -2.20. The van der Waals surface area contributed by atoms with Crippen molar-refractivity contribution in [3.05, 3.63) is 124 Å². The van der Waals surface area contributed by atoms with Crippen molar-refractivity contribution in [3.63, 3.8) is 0 Å². The molecule has 0 unspecified atom stereocenters. The molecule has 0 aliphatic heterocycles. The molecule has 0 fully saturated rings. The fourth-order valence-electron chi connectivity index (χ4n) is 4.27. The Morgan fingerprint density at radius 3 is 2.62 bits per heavy atom. The van der Waals surface area contributed by atoms with Gasteiger partial charge < -0.3 is 13.9 Å². The minimum absolute atomic E-state index is 0.281. The molecule has 2 heterocycles. The van der Waals surface area contributed by atoms with Crippen molar-refractivity contribution in [2.75, 3.05) is 7.11 Å². The zero-order valence-electron chi connectivity index (χ0n) is 20.9. The SMILES string of the molecule is COc1cccc2oc(-c3nc4ccccc4c(=O)n3N=Cc3cccc(OCc4ccc(Cl)cc4)c3)cc12. The van der Waals surface area contributed by atoms with E-state index in [1.807, 2.05) is 78.9 Å². The Kier molecular flexibility index (Phi) is 6.57. The number of hydrogen-bond acceptors (Lipinski definition) is 6. The van der Waals surface area contributed by atoms with Crippen LogP contribution < -0.4 is 15.0 Å². The van der Waals surface area contributed by atoms with Gasteiger partial charge in [0, 0.05) is 5.02 Å². The molecule has 0 saturated carbocycles. The van der Waals surface area contributed by atoms with E-state index in [-0.39, 0.29) is 11.4 Å². The van der Waals surface area contributed by atoms with Crippen molar-refractivity contribution in [3.8, 4) is 23.1 Å². The average Bonchev–Trinajstić information content (AvgIpc) is 3.41. The number of rotatable bonds is 7. The summed E-state index contributed by atoms with van der Waals surface area (Å²) in [6.45, 7) is 0.394. The van der Waals surface area contributed by atoms with E-state index in [0.717, 1.165) is 16.5 Å². The Bertz CT molecular complexity index is 1890. The number of furan rings is 1. The molecule has 0 bridgehead atoms. The van der Waals surface area contributed by atoms with Gasteiger partial charge >= 0.3 is 0 Å². The summed E-state index contributed by atoms with van der Waals surface area (Å²) in [6, 6.07) is 29.4. The largest absolute Gasteiger partial charge is 0.496 e. The molecule has 7 nitrogen and oxygen atoms in total. The fourth-order valence-corrected chi connectivity index (χ4v) is 4.39. The molecule has 6 aromatic rings. The summed E-state index contributed by atoms with van der Waals surface area (Å²) in [6.07, 6.45) is 1.60. The molecule has 0 amide bonds. The van der Waals surface area contributed by atoms with E-state index in [2.05, 4.69) is 5.10 Å². The third-order valence-electron chi connectivity index (χ3n) is 6.21. The Hall–Kier alpha value is -4.88. The van der Waals surface area contributed by atoms with Crippen molar-refractivity contribution >= 4 is 39.7 Å². The third kappa shape index (κ3) is 5.00. The van der Waals surface area contributed by atoms with Crippen molar-refractivity contribution in [1.82, 2.24) is 9.66 Å². The van der Waals surface area contributed by atoms with E-state index in [1.54, 1.807) is 31.5 Å². The van der Waals surface area contributed by atoms with Crippen LogP contribution >= 0.6 is 11.6 Å². The van der Waals surface area contributed by atoms with E-state index >= 15 is 0 Å². The van der Waals surface area contributed by atoms with Crippen molar-refractivity contribution < 1.29 is 13.9 Å². The van der Waals surface area contributed by atoms with E-state index < -0.39 is 0 Å². The molecular formula is C31H22ClN3O4. The van der Waals surface area contributed by atoms with Crippen LogP contribution in [0.4, 0.5) is 0 Å². The topological polar surface area (TPSA) is 78.9 Å². The molecule has 6 rings (SSSR count). The number of ether oxygens (including phenoxy) is 2. The molecule has 8 heteroatoms. The first-order valence-corrected chi connectivity index (χ1v) is 12.6. The van der Waals surface area contributed by atoms with Gasteiger partial charge in [-0.3, -0.25) is 4.79 Å². The Balaban J connectivity index is 1.38.